The van der Waals surface area contributed by atoms with Crippen LogP contribution in [0.25, 0.3) is 0 Å². The summed E-state index contributed by atoms with van der Waals surface area (Å²) in [5.74, 6) is 0. The van der Waals surface area contributed by atoms with E-state index in [4.69, 9.17) is 10.5 Å². The van der Waals surface area contributed by atoms with Crippen molar-refractivity contribution in [1.82, 2.24) is 4.90 Å². The van der Waals surface area contributed by atoms with Crippen LogP contribution in [0.15, 0.2) is 48.5 Å². The number of hydrogen-bond acceptors (Lipinski definition) is 3. The molecule has 0 unspecified atom stereocenters. The Morgan fingerprint density at radius 3 is 2.38 bits per heavy atom. The molecule has 2 aromatic carbocycles. The van der Waals surface area contributed by atoms with E-state index in [1.54, 1.807) is 30.3 Å². The highest BCUT2D eigenvalue weighted by Gasteiger charge is 2.33. The van der Waals surface area contributed by atoms with E-state index in [0.717, 1.165) is 24.8 Å². The Morgan fingerprint density at radius 2 is 1.81 bits per heavy atom. The summed E-state index contributed by atoms with van der Waals surface area (Å²) in [5.41, 5.74) is 2.76. The first-order chi connectivity index (χ1) is 12.6. The quantitative estimate of drug-likeness (QED) is 0.881. The minimum Gasteiger partial charge on any atom is -0.315 e. The molecule has 130 valence electrons. The van der Waals surface area contributed by atoms with Crippen LogP contribution in [0.1, 0.15) is 48.9 Å². The molecule has 5 nitrogen and oxygen atoms in total. The molecule has 0 radical (unpaired) electrons. The molecule has 1 fully saturated rings. The van der Waals surface area contributed by atoms with E-state index >= 15 is 0 Å². The third-order valence-electron chi connectivity index (χ3n) is 4.88. The molecule has 0 aliphatic heterocycles. The highest BCUT2D eigenvalue weighted by atomic mass is 16.2. The minimum atomic E-state index is -0.158. The maximum absolute atomic E-state index is 13.0. The van der Waals surface area contributed by atoms with Gasteiger partial charge in [-0.15, -0.1) is 0 Å². The monoisotopic (exact) mass is 344 g/mol. The maximum Gasteiger partial charge on any atom is 0.322 e. The van der Waals surface area contributed by atoms with Crippen molar-refractivity contribution < 1.29 is 4.79 Å². The summed E-state index contributed by atoms with van der Waals surface area (Å²) in [6.45, 7) is 1.99. The van der Waals surface area contributed by atoms with Crippen LogP contribution in [0, 0.1) is 22.7 Å². The van der Waals surface area contributed by atoms with Crippen molar-refractivity contribution in [3.63, 3.8) is 0 Å². The molecule has 1 atom stereocenters. The maximum atomic E-state index is 13.0. The van der Waals surface area contributed by atoms with Crippen LogP contribution in [0.5, 0.6) is 0 Å². The first-order valence-electron chi connectivity index (χ1n) is 8.72. The van der Waals surface area contributed by atoms with Crippen LogP contribution >= 0.6 is 0 Å². The van der Waals surface area contributed by atoms with E-state index in [2.05, 4.69) is 17.5 Å². The molecule has 0 aromatic heterocycles. The lowest BCUT2D eigenvalue weighted by molar-refractivity contribution is 0.120. The van der Waals surface area contributed by atoms with Gasteiger partial charge in [-0.1, -0.05) is 12.1 Å². The molecule has 2 amide bonds. The minimum absolute atomic E-state index is 0.132. The lowest BCUT2D eigenvalue weighted by Gasteiger charge is -2.41. The molecule has 26 heavy (non-hydrogen) atoms. The third-order valence-corrected chi connectivity index (χ3v) is 4.88. The van der Waals surface area contributed by atoms with Gasteiger partial charge in [0.05, 0.1) is 29.3 Å². The van der Waals surface area contributed by atoms with Crippen LogP contribution in [-0.2, 0) is 0 Å². The van der Waals surface area contributed by atoms with E-state index < -0.39 is 0 Å². The molecular weight excluding hydrogens is 324 g/mol. The number of amides is 2. The number of rotatable bonds is 4. The van der Waals surface area contributed by atoms with Gasteiger partial charge < -0.3 is 10.2 Å². The molecule has 1 aliphatic carbocycles. The van der Waals surface area contributed by atoms with E-state index in [1.807, 2.05) is 30.0 Å². The SMILES string of the molecule is C[C@@H](c1cccc(C#N)c1)N(C(=O)Nc1ccc(C#N)cc1)C1CCC1. The van der Waals surface area contributed by atoms with Crippen molar-refractivity contribution in [2.24, 2.45) is 0 Å². The molecule has 1 N–H and O–H groups in total. The summed E-state index contributed by atoms with van der Waals surface area (Å²) >= 11 is 0. The number of carbonyl (C=O) groups excluding carboxylic acids is 1. The summed E-state index contributed by atoms with van der Waals surface area (Å²) in [6.07, 6.45) is 3.10. The zero-order valence-corrected chi connectivity index (χ0v) is 14.6. The average molecular weight is 344 g/mol. The molecule has 0 spiro atoms. The second-order valence-electron chi connectivity index (χ2n) is 6.52. The van der Waals surface area contributed by atoms with Gasteiger partial charge in [0.25, 0.3) is 0 Å². The van der Waals surface area contributed by atoms with Crippen LogP contribution in [0.3, 0.4) is 0 Å². The van der Waals surface area contributed by atoms with E-state index in [0.29, 0.717) is 16.8 Å². The number of benzene rings is 2. The Labute approximate surface area is 153 Å². The number of urea groups is 1. The van der Waals surface area contributed by atoms with Crippen molar-refractivity contribution in [2.75, 3.05) is 5.32 Å². The standard InChI is InChI=1S/C21H20N4O/c1-15(18-5-2-4-17(12-18)14-23)25(20-6-3-7-20)21(26)24-19-10-8-16(13-22)9-11-19/h2,4-5,8-12,15,20H,3,6-7H2,1H3,(H,24,26)/t15-/m0/s1. The summed E-state index contributed by atoms with van der Waals surface area (Å²) in [7, 11) is 0. The topological polar surface area (TPSA) is 79.9 Å². The predicted molar refractivity (Wildman–Crippen MR) is 99.2 cm³/mol. The molecule has 5 heteroatoms. The fraction of sp³-hybridized carbons (Fsp3) is 0.286. The fourth-order valence-electron chi connectivity index (χ4n) is 3.17. The van der Waals surface area contributed by atoms with Gasteiger partial charge in [0.2, 0.25) is 0 Å². The Morgan fingerprint density at radius 1 is 1.12 bits per heavy atom. The normalized spacial score (nSPS) is 14.4. The van der Waals surface area contributed by atoms with Gasteiger partial charge in [0.1, 0.15) is 0 Å². The number of carbonyl (C=O) groups is 1. The third kappa shape index (κ3) is 3.68. The van der Waals surface area contributed by atoms with Crippen molar-refractivity contribution in [1.29, 1.82) is 10.5 Å². The van der Waals surface area contributed by atoms with E-state index in [9.17, 15) is 4.79 Å². The second-order valence-corrected chi connectivity index (χ2v) is 6.52. The van der Waals surface area contributed by atoms with Crippen LogP contribution < -0.4 is 5.32 Å². The molecule has 2 aromatic rings. The van der Waals surface area contributed by atoms with Gasteiger partial charge in [0, 0.05) is 11.7 Å². The highest BCUT2D eigenvalue weighted by molar-refractivity contribution is 5.90. The van der Waals surface area contributed by atoms with Crippen molar-refractivity contribution in [3.05, 3.63) is 65.2 Å². The zero-order chi connectivity index (χ0) is 18.5. The summed E-state index contributed by atoms with van der Waals surface area (Å²) in [6, 6.07) is 18.4. The Balaban J connectivity index is 1.81. The second kappa shape index (κ2) is 7.72. The predicted octanol–water partition coefficient (Wildman–Crippen LogP) is 4.58. The Hall–Kier alpha value is -3.31. The fourth-order valence-corrected chi connectivity index (χ4v) is 3.17. The smallest absolute Gasteiger partial charge is 0.315 e. The molecule has 0 saturated heterocycles. The van der Waals surface area contributed by atoms with Crippen molar-refractivity contribution in [3.8, 4) is 12.1 Å². The van der Waals surface area contributed by atoms with Gasteiger partial charge >= 0.3 is 6.03 Å². The number of nitriles is 2. The molecular formula is C21H20N4O. The van der Waals surface area contributed by atoms with Gasteiger partial charge in [-0.2, -0.15) is 10.5 Å². The van der Waals surface area contributed by atoms with E-state index in [1.165, 1.54) is 0 Å². The Bertz CT molecular complexity index is 872. The summed E-state index contributed by atoms with van der Waals surface area (Å²) in [4.78, 5) is 14.8. The first-order valence-corrected chi connectivity index (χ1v) is 8.72. The number of anilines is 1. The van der Waals surface area contributed by atoms with Gasteiger partial charge in [-0.05, 0) is 68.1 Å². The highest BCUT2D eigenvalue weighted by Crippen LogP contribution is 2.33. The zero-order valence-electron chi connectivity index (χ0n) is 14.6. The van der Waals surface area contributed by atoms with Crippen molar-refractivity contribution in [2.45, 2.75) is 38.3 Å². The lowest BCUT2D eigenvalue weighted by atomic mass is 9.89. The Kier molecular flexibility index (Phi) is 5.20. The molecule has 1 aliphatic rings. The largest absolute Gasteiger partial charge is 0.322 e. The summed E-state index contributed by atoms with van der Waals surface area (Å²) < 4.78 is 0. The summed E-state index contributed by atoms with van der Waals surface area (Å²) in [5, 5.41) is 20.9. The van der Waals surface area contributed by atoms with Crippen LogP contribution in [0.2, 0.25) is 0 Å². The number of nitrogens with zero attached hydrogens (tertiary/aromatic N) is 3. The molecule has 0 bridgehead atoms. The molecule has 1 saturated carbocycles. The van der Waals surface area contributed by atoms with Crippen LogP contribution in [0.4, 0.5) is 10.5 Å². The van der Waals surface area contributed by atoms with Gasteiger partial charge in [-0.3, -0.25) is 0 Å². The van der Waals surface area contributed by atoms with Crippen molar-refractivity contribution >= 4 is 11.7 Å². The number of hydrogen-bond donors (Lipinski definition) is 1. The van der Waals surface area contributed by atoms with Gasteiger partial charge in [0.15, 0.2) is 0 Å². The molecule has 3 rings (SSSR count). The van der Waals surface area contributed by atoms with Gasteiger partial charge in [-0.25, -0.2) is 4.79 Å². The van der Waals surface area contributed by atoms with E-state index in [-0.39, 0.29) is 18.1 Å². The van der Waals surface area contributed by atoms with Crippen LogP contribution in [-0.4, -0.2) is 17.0 Å². The average Bonchev–Trinajstić information content (AvgIpc) is 2.64. The number of nitrogens with one attached hydrogen (secondary N) is 1. The molecule has 0 heterocycles. The first kappa shape index (κ1) is 17.5. The lowest BCUT2D eigenvalue weighted by Crippen LogP contribution is -2.47.